The summed E-state index contributed by atoms with van der Waals surface area (Å²) in [4.78, 5) is 28.2. The fourth-order valence-corrected chi connectivity index (χ4v) is 2.40. The third-order valence-corrected chi connectivity index (χ3v) is 3.68. The van der Waals surface area contributed by atoms with Crippen molar-refractivity contribution in [1.82, 2.24) is 20.1 Å². The zero-order valence-corrected chi connectivity index (χ0v) is 14.1. The molecule has 0 saturated carbocycles. The zero-order valence-electron chi connectivity index (χ0n) is 14.1. The van der Waals surface area contributed by atoms with Gasteiger partial charge in [-0.25, -0.2) is 9.67 Å². The van der Waals surface area contributed by atoms with E-state index in [9.17, 15) is 9.59 Å². The highest BCUT2D eigenvalue weighted by Gasteiger charge is 2.30. The molecule has 0 spiro atoms. The number of aromatic nitrogens is 3. The lowest BCUT2D eigenvalue weighted by Crippen LogP contribution is -2.32. The number of amides is 1. The molecule has 1 heterocycles. The van der Waals surface area contributed by atoms with E-state index in [0.717, 1.165) is 11.3 Å². The molecule has 1 amide bonds. The Morgan fingerprint density at radius 2 is 1.96 bits per heavy atom. The number of benzene rings is 1. The van der Waals surface area contributed by atoms with Crippen LogP contribution in [-0.4, -0.2) is 33.5 Å². The Morgan fingerprint density at radius 3 is 2.54 bits per heavy atom. The fourth-order valence-electron chi connectivity index (χ4n) is 2.40. The van der Waals surface area contributed by atoms with Crippen molar-refractivity contribution >= 4 is 11.7 Å². The van der Waals surface area contributed by atoms with E-state index in [2.05, 4.69) is 29.2 Å². The summed E-state index contributed by atoms with van der Waals surface area (Å²) >= 11 is 0. The van der Waals surface area contributed by atoms with Gasteiger partial charge >= 0.3 is 0 Å². The molecule has 24 heavy (non-hydrogen) atoms. The highest BCUT2D eigenvalue weighted by Crippen LogP contribution is 2.23. The number of carbonyl (C=O) groups is 2. The van der Waals surface area contributed by atoms with Gasteiger partial charge in [0.25, 0.3) is 0 Å². The average molecular weight is 325 g/mol. The van der Waals surface area contributed by atoms with Crippen LogP contribution in [0, 0.1) is 24.2 Å². The predicted molar refractivity (Wildman–Crippen MR) is 87.7 cm³/mol. The molecule has 0 radical (unpaired) electrons. The Balaban J connectivity index is 2.47. The molecule has 7 heteroatoms. The van der Waals surface area contributed by atoms with E-state index >= 15 is 0 Å². The molecule has 0 fully saturated rings. The molecule has 0 aliphatic rings. The highest BCUT2D eigenvalue weighted by atomic mass is 16.2. The molecule has 0 aliphatic heterocycles. The van der Waals surface area contributed by atoms with Crippen LogP contribution < -0.4 is 5.32 Å². The molecule has 0 unspecified atom stereocenters. The maximum absolute atomic E-state index is 12.4. The van der Waals surface area contributed by atoms with Crippen molar-refractivity contribution in [2.45, 2.75) is 26.7 Å². The fraction of sp³-hybridized carbons (Fsp3) is 0.353. The van der Waals surface area contributed by atoms with Crippen molar-refractivity contribution in [1.29, 1.82) is 5.26 Å². The summed E-state index contributed by atoms with van der Waals surface area (Å²) in [6.45, 7) is 5.85. The molecule has 2 aromatic rings. The van der Waals surface area contributed by atoms with E-state index in [1.807, 2.05) is 24.3 Å². The van der Waals surface area contributed by atoms with Gasteiger partial charge in [0.15, 0.2) is 5.92 Å². The number of hydrogen-bond acceptors (Lipinski definition) is 5. The molecule has 0 saturated heterocycles. The number of rotatable bonds is 5. The molecule has 0 bridgehead atoms. The third-order valence-electron chi connectivity index (χ3n) is 3.68. The number of para-hydroxylation sites is 1. The van der Waals surface area contributed by atoms with E-state index < -0.39 is 17.6 Å². The minimum Gasteiger partial charge on any atom is -0.358 e. The Hall–Kier alpha value is -3.01. The molecule has 0 aliphatic carbocycles. The summed E-state index contributed by atoms with van der Waals surface area (Å²) < 4.78 is 1.57. The van der Waals surface area contributed by atoms with Crippen molar-refractivity contribution in [2.24, 2.45) is 5.92 Å². The van der Waals surface area contributed by atoms with Crippen molar-refractivity contribution < 1.29 is 9.59 Å². The van der Waals surface area contributed by atoms with Crippen molar-refractivity contribution in [3.05, 3.63) is 41.5 Å². The molecule has 1 aromatic carbocycles. The number of aryl methyl sites for hydroxylation is 1. The summed E-state index contributed by atoms with van der Waals surface area (Å²) in [6, 6.07) is 9.40. The molecule has 2 rings (SSSR count). The van der Waals surface area contributed by atoms with Gasteiger partial charge in [-0.05, 0) is 24.5 Å². The quantitative estimate of drug-likeness (QED) is 0.667. The standard InChI is InChI=1S/C17H19N5O2/c1-10(2)12-7-5-6-8-14(12)22-11(3)20-16(21-22)15(23)13(9-18)17(24)19-4/h5-8,10,13H,1-4H3,(H,19,24)/t13-/m1/s1. The monoisotopic (exact) mass is 325 g/mol. The van der Waals surface area contributed by atoms with Crippen LogP contribution in [0.2, 0.25) is 0 Å². The van der Waals surface area contributed by atoms with E-state index in [0.29, 0.717) is 5.82 Å². The number of ketones is 1. The maximum Gasteiger partial charge on any atom is 0.245 e. The first kappa shape index (κ1) is 17.3. The van der Waals surface area contributed by atoms with E-state index in [1.54, 1.807) is 17.7 Å². The predicted octanol–water partition coefficient (Wildman–Crippen LogP) is 1.77. The maximum atomic E-state index is 12.4. The van der Waals surface area contributed by atoms with Gasteiger partial charge in [-0.15, -0.1) is 5.10 Å². The van der Waals surface area contributed by atoms with E-state index in [1.165, 1.54) is 7.05 Å². The largest absolute Gasteiger partial charge is 0.358 e. The second kappa shape index (κ2) is 7.04. The normalized spacial score (nSPS) is 11.8. The van der Waals surface area contributed by atoms with Crippen LogP contribution in [0.4, 0.5) is 0 Å². The van der Waals surface area contributed by atoms with Crippen LogP contribution in [0.5, 0.6) is 0 Å². The molecule has 1 atom stereocenters. The zero-order chi connectivity index (χ0) is 17.9. The summed E-state index contributed by atoms with van der Waals surface area (Å²) in [5, 5.41) is 15.6. The van der Waals surface area contributed by atoms with Gasteiger partial charge in [-0.1, -0.05) is 32.0 Å². The van der Waals surface area contributed by atoms with Crippen molar-refractivity contribution in [2.75, 3.05) is 7.05 Å². The first-order valence-corrected chi connectivity index (χ1v) is 7.59. The van der Waals surface area contributed by atoms with Gasteiger partial charge in [0.2, 0.25) is 17.5 Å². The minimum absolute atomic E-state index is 0.138. The van der Waals surface area contributed by atoms with Gasteiger partial charge in [0.1, 0.15) is 5.82 Å². The first-order valence-electron chi connectivity index (χ1n) is 7.59. The number of nitrogens with zero attached hydrogens (tertiary/aromatic N) is 4. The van der Waals surface area contributed by atoms with Crippen LogP contribution in [-0.2, 0) is 4.79 Å². The third kappa shape index (κ3) is 3.18. The topological polar surface area (TPSA) is 101 Å². The van der Waals surface area contributed by atoms with Gasteiger partial charge in [-0.2, -0.15) is 5.26 Å². The van der Waals surface area contributed by atoms with E-state index in [-0.39, 0.29) is 11.7 Å². The molecule has 1 N–H and O–H groups in total. The van der Waals surface area contributed by atoms with Crippen LogP contribution in [0.3, 0.4) is 0 Å². The number of hydrogen-bond donors (Lipinski definition) is 1. The number of nitriles is 1. The highest BCUT2D eigenvalue weighted by molar-refractivity contribution is 6.10. The second-order valence-electron chi connectivity index (χ2n) is 5.65. The van der Waals surface area contributed by atoms with Crippen LogP contribution in [0.1, 0.15) is 41.8 Å². The molecule has 124 valence electrons. The van der Waals surface area contributed by atoms with Gasteiger partial charge in [0, 0.05) is 7.05 Å². The van der Waals surface area contributed by atoms with Crippen molar-refractivity contribution in [3.63, 3.8) is 0 Å². The number of carbonyl (C=O) groups excluding carboxylic acids is 2. The Bertz CT molecular complexity index is 817. The Morgan fingerprint density at radius 1 is 1.29 bits per heavy atom. The lowest BCUT2D eigenvalue weighted by Gasteiger charge is -2.12. The molecule has 1 aromatic heterocycles. The average Bonchev–Trinajstić information content (AvgIpc) is 2.96. The van der Waals surface area contributed by atoms with Crippen LogP contribution >= 0.6 is 0 Å². The summed E-state index contributed by atoms with van der Waals surface area (Å²) in [5.74, 6) is -2.19. The lowest BCUT2D eigenvalue weighted by atomic mass is 10.0. The number of nitrogens with one attached hydrogen (secondary N) is 1. The molecular weight excluding hydrogens is 306 g/mol. The minimum atomic E-state index is -1.45. The molecular formula is C17H19N5O2. The Kier molecular flexibility index (Phi) is 5.09. The first-order chi connectivity index (χ1) is 11.4. The SMILES string of the molecule is CNC(=O)[C@H](C#N)C(=O)c1nc(C)n(-c2ccccc2C(C)C)n1. The summed E-state index contributed by atoms with van der Waals surface area (Å²) in [7, 11) is 1.37. The van der Waals surface area contributed by atoms with Gasteiger partial charge in [0.05, 0.1) is 11.8 Å². The van der Waals surface area contributed by atoms with Gasteiger partial charge < -0.3 is 5.32 Å². The second-order valence-corrected chi connectivity index (χ2v) is 5.65. The van der Waals surface area contributed by atoms with Crippen molar-refractivity contribution in [3.8, 4) is 11.8 Å². The van der Waals surface area contributed by atoms with E-state index in [4.69, 9.17) is 5.26 Å². The number of Topliss-reactive ketones (excluding diaryl/α,β-unsaturated/α-hetero) is 1. The van der Waals surface area contributed by atoms with Gasteiger partial charge in [-0.3, -0.25) is 9.59 Å². The summed E-state index contributed by atoms with van der Waals surface area (Å²) in [6.07, 6.45) is 0. The van der Waals surface area contributed by atoms with Crippen LogP contribution in [0.15, 0.2) is 24.3 Å². The Labute approximate surface area is 140 Å². The molecule has 7 nitrogen and oxygen atoms in total. The van der Waals surface area contributed by atoms with Crippen LogP contribution in [0.25, 0.3) is 5.69 Å². The lowest BCUT2D eigenvalue weighted by molar-refractivity contribution is -0.121. The smallest absolute Gasteiger partial charge is 0.245 e. The summed E-state index contributed by atoms with van der Waals surface area (Å²) in [5.41, 5.74) is 1.89.